The van der Waals surface area contributed by atoms with Crippen molar-refractivity contribution in [2.75, 3.05) is 0 Å². The van der Waals surface area contributed by atoms with Crippen LogP contribution in [0.15, 0.2) is 70.5 Å². The number of benzene rings is 2. The number of rotatable bonds is 2. The molecule has 0 radical (unpaired) electrons. The van der Waals surface area contributed by atoms with Crippen LogP contribution in [-0.2, 0) is 36.7 Å². The zero-order valence-electron chi connectivity index (χ0n) is 10.4. The Balaban J connectivity index is 0.000000364. The van der Waals surface area contributed by atoms with Gasteiger partial charge in [0.05, 0.1) is 9.79 Å². The smallest absolute Gasteiger partial charge is 0.744 e. The first-order valence-corrected chi connectivity index (χ1v) is 8.05. The molecule has 21 heavy (non-hydrogen) atoms. The summed E-state index contributed by atoms with van der Waals surface area (Å²) in [6.45, 7) is 0. The maximum atomic E-state index is 10.3. The zero-order chi connectivity index (χ0) is 15.2. The molecule has 0 N–H and O–H groups in total. The summed E-state index contributed by atoms with van der Waals surface area (Å²) < 4.78 is 61.7. The minimum atomic E-state index is -4.25. The molecule has 0 spiro atoms. The van der Waals surface area contributed by atoms with Gasteiger partial charge in [0.2, 0.25) is 0 Å². The van der Waals surface area contributed by atoms with E-state index < -0.39 is 20.2 Å². The van der Waals surface area contributed by atoms with Crippen molar-refractivity contribution in [1.29, 1.82) is 0 Å². The maximum Gasteiger partial charge on any atom is 2.00 e. The van der Waals surface area contributed by atoms with Gasteiger partial charge in [-0.25, -0.2) is 16.8 Å². The van der Waals surface area contributed by atoms with Gasteiger partial charge in [0, 0.05) is 0 Å². The van der Waals surface area contributed by atoms with Crippen molar-refractivity contribution in [2.24, 2.45) is 0 Å². The molecule has 6 nitrogen and oxygen atoms in total. The van der Waals surface area contributed by atoms with Crippen LogP contribution in [-0.4, -0.2) is 25.9 Å². The second-order valence-corrected chi connectivity index (χ2v) is 6.29. The largest absolute Gasteiger partial charge is 2.00 e. The van der Waals surface area contributed by atoms with Gasteiger partial charge in [-0.3, -0.25) is 0 Å². The first-order chi connectivity index (χ1) is 9.21. The first-order valence-electron chi connectivity index (χ1n) is 5.23. The molecule has 2 rings (SSSR count). The predicted molar refractivity (Wildman–Crippen MR) is 68.8 cm³/mol. The Bertz CT molecular complexity index is 675. The molecule has 0 amide bonds. The molecule has 0 aliphatic heterocycles. The van der Waals surface area contributed by atoms with Crippen LogP contribution >= 0.6 is 0 Å². The van der Waals surface area contributed by atoms with Crippen molar-refractivity contribution in [3.8, 4) is 0 Å². The molecule has 2 aromatic rings. The Morgan fingerprint density at radius 2 is 0.810 bits per heavy atom. The quantitative estimate of drug-likeness (QED) is 0.577. The molecule has 0 heterocycles. The van der Waals surface area contributed by atoms with Crippen molar-refractivity contribution >= 4 is 20.2 Å². The fourth-order valence-electron chi connectivity index (χ4n) is 1.17. The minimum Gasteiger partial charge on any atom is -0.744 e. The van der Waals surface area contributed by atoms with E-state index in [9.17, 15) is 25.9 Å². The van der Waals surface area contributed by atoms with Crippen LogP contribution in [0.2, 0.25) is 0 Å². The third-order valence-corrected chi connectivity index (χ3v) is 3.76. The summed E-state index contributed by atoms with van der Waals surface area (Å²) in [4.78, 5) is -0.370. The second-order valence-electron chi connectivity index (χ2n) is 3.53. The van der Waals surface area contributed by atoms with Gasteiger partial charge < -0.3 is 9.11 Å². The molecule has 0 bridgehead atoms. The van der Waals surface area contributed by atoms with Gasteiger partial charge in [-0.2, -0.15) is 0 Å². The summed E-state index contributed by atoms with van der Waals surface area (Å²) in [6, 6.07) is 14.4. The average Bonchev–Trinajstić information content (AvgIpc) is 2.40. The van der Waals surface area contributed by atoms with Gasteiger partial charge in [0.25, 0.3) is 0 Å². The van der Waals surface area contributed by atoms with E-state index in [4.69, 9.17) is 0 Å². The Kier molecular flexibility index (Phi) is 7.77. The van der Waals surface area contributed by atoms with Crippen molar-refractivity contribution in [3.63, 3.8) is 0 Å². The van der Waals surface area contributed by atoms with Crippen molar-refractivity contribution < 1.29 is 42.4 Å². The van der Waals surface area contributed by atoms with Gasteiger partial charge in [0.15, 0.2) is 0 Å². The van der Waals surface area contributed by atoms with Crippen molar-refractivity contribution in [1.82, 2.24) is 0 Å². The number of hydrogen-bond acceptors (Lipinski definition) is 6. The molecule has 0 aromatic heterocycles. The summed E-state index contributed by atoms with van der Waals surface area (Å²) in [5, 5.41) is 0. The van der Waals surface area contributed by atoms with Gasteiger partial charge in [-0.05, 0) is 24.3 Å². The summed E-state index contributed by atoms with van der Waals surface area (Å²) in [7, 11) is -8.51. The zero-order valence-corrected chi connectivity index (χ0v) is 13.0. The third-order valence-electron chi connectivity index (χ3n) is 2.06. The monoisotopic (exact) mass is 372 g/mol. The molecule has 0 aliphatic carbocycles. The fraction of sp³-hybridized carbons (Fsp3) is 0. The van der Waals surface area contributed by atoms with E-state index in [0.29, 0.717) is 0 Å². The summed E-state index contributed by atoms with van der Waals surface area (Å²) in [5.74, 6) is 0. The molecule has 0 saturated carbocycles. The Hall–Kier alpha value is -1.25. The van der Waals surface area contributed by atoms with Gasteiger partial charge in [-0.15, -0.1) is 0 Å². The summed E-state index contributed by atoms with van der Waals surface area (Å²) >= 11 is 0. The average molecular weight is 373 g/mol. The first kappa shape index (κ1) is 19.8. The summed E-state index contributed by atoms with van der Waals surface area (Å²) in [5.41, 5.74) is 0. The van der Waals surface area contributed by atoms with E-state index in [1.54, 1.807) is 12.1 Å². The molecular formula is C12H10NiO6S2. The van der Waals surface area contributed by atoms with Crippen LogP contribution in [0, 0.1) is 0 Å². The van der Waals surface area contributed by atoms with Gasteiger partial charge >= 0.3 is 16.5 Å². The fourth-order valence-corrected chi connectivity index (χ4v) is 2.16. The van der Waals surface area contributed by atoms with Crippen LogP contribution in [0.1, 0.15) is 0 Å². The molecule has 0 aliphatic rings. The van der Waals surface area contributed by atoms with Crippen LogP contribution in [0.4, 0.5) is 0 Å². The van der Waals surface area contributed by atoms with Crippen LogP contribution in [0.5, 0.6) is 0 Å². The molecule has 116 valence electrons. The van der Waals surface area contributed by atoms with Crippen LogP contribution in [0.25, 0.3) is 0 Å². The van der Waals surface area contributed by atoms with Gasteiger partial charge in [0.1, 0.15) is 20.2 Å². The number of hydrogen-bond donors (Lipinski definition) is 0. The van der Waals surface area contributed by atoms with E-state index in [1.165, 1.54) is 48.5 Å². The topological polar surface area (TPSA) is 114 Å². The Labute approximate surface area is 133 Å². The molecule has 0 saturated heterocycles. The van der Waals surface area contributed by atoms with Crippen LogP contribution < -0.4 is 0 Å². The van der Waals surface area contributed by atoms with E-state index in [0.717, 1.165) is 0 Å². The molecule has 0 atom stereocenters. The SMILES string of the molecule is O=S(=O)([O-])c1ccccc1.O=S(=O)([O-])c1ccccc1.[Ni+2]. The molecule has 2 aromatic carbocycles. The molecule has 0 unspecified atom stereocenters. The second kappa shape index (κ2) is 8.26. The van der Waals surface area contributed by atoms with E-state index in [2.05, 4.69) is 0 Å². The molecule has 0 fully saturated rings. The Morgan fingerprint density at radius 1 is 0.571 bits per heavy atom. The normalized spacial score (nSPS) is 10.8. The summed E-state index contributed by atoms with van der Waals surface area (Å²) in [6.07, 6.45) is 0. The maximum absolute atomic E-state index is 10.3. The van der Waals surface area contributed by atoms with E-state index >= 15 is 0 Å². The van der Waals surface area contributed by atoms with Crippen molar-refractivity contribution in [2.45, 2.75) is 9.79 Å². The van der Waals surface area contributed by atoms with E-state index in [-0.39, 0.29) is 26.3 Å². The molecule has 9 heteroatoms. The van der Waals surface area contributed by atoms with Crippen LogP contribution in [0.3, 0.4) is 0 Å². The van der Waals surface area contributed by atoms with Crippen molar-refractivity contribution in [3.05, 3.63) is 60.7 Å². The predicted octanol–water partition coefficient (Wildman–Crippen LogP) is 1.18. The minimum absolute atomic E-state index is 0. The third kappa shape index (κ3) is 7.35. The Morgan fingerprint density at radius 3 is 0.952 bits per heavy atom. The van der Waals surface area contributed by atoms with Gasteiger partial charge in [-0.1, -0.05) is 36.4 Å². The van der Waals surface area contributed by atoms with E-state index in [1.807, 2.05) is 0 Å². The molecular weight excluding hydrogens is 363 g/mol. The standard InChI is InChI=1S/2C6H6O3S.Ni/c2*7-10(8,9)6-4-2-1-3-5-6;/h2*1-5H,(H,7,8,9);/q;;+2/p-2.